The second-order valence-corrected chi connectivity index (χ2v) is 6.68. The minimum atomic E-state index is -0.0174. The van der Waals surface area contributed by atoms with Gasteiger partial charge in [0.05, 0.1) is 18.7 Å². The maximum absolute atomic E-state index is 12.6. The average molecular weight is 351 g/mol. The zero-order chi connectivity index (χ0) is 18.1. The SMILES string of the molecule is Cc1noc(C)c1CC(=O)N1CC[C@H](Oc2cccc3cccnc23)C1. The molecule has 1 saturated heterocycles. The van der Waals surface area contributed by atoms with Gasteiger partial charge in [0.2, 0.25) is 5.91 Å². The van der Waals surface area contributed by atoms with Crippen molar-refractivity contribution >= 4 is 16.8 Å². The molecule has 1 amide bonds. The Hall–Kier alpha value is -2.89. The molecule has 0 spiro atoms. The summed E-state index contributed by atoms with van der Waals surface area (Å²) in [6.07, 6.45) is 2.89. The molecule has 6 heteroatoms. The van der Waals surface area contributed by atoms with Crippen LogP contribution in [0, 0.1) is 13.8 Å². The van der Waals surface area contributed by atoms with Crippen LogP contribution in [0.15, 0.2) is 41.1 Å². The summed E-state index contributed by atoms with van der Waals surface area (Å²) < 4.78 is 11.3. The van der Waals surface area contributed by atoms with Crippen molar-refractivity contribution in [3.05, 3.63) is 53.5 Å². The lowest BCUT2D eigenvalue weighted by molar-refractivity contribution is -0.129. The van der Waals surface area contributed by atoms with Gasteiger partial charge in [-0.1, -0.05) is 23.4 Å². The fourth-order valence-electron chi connectivity index (χ4n) is 3.42. The Morgan fingerprint density at radius 3 is 2.96 bits per heavy atom. The highest BCUT2D eigenvalue weighted by molar-refractivity contribution is 5.84. The first kappa shape index (κ1) is 16.6. The number of ether oxygens (including phenoxy) is 1. The third kappa shape index (κ3) is 3.14. The van der Waals surface area contributed by atoms with Gasteiger partial charge in [-0.15, -0.1) is 0 Å². The summed E-state index contributed by atoms with van der Waals surface area (Å²) in [6, 6.07) is 9.85. The number of hydrogen-bond donors (Lipinski definition) is 0. The van der Waals surface area contributed by atoms with Gasteiger partial charge in [-0.3, -0.25) is 9.78 Å². The quantitative estimate of drug-likeness (QED) is 0.723. The van der Waals surface area contributed by atoms with Gasteiger partial charge in [0, 0.05) is 30.1 Å². The molecule has 0 radical (unpaired) electrons. The fourth-order valence-corrected chi connectivity index (χ4v) is 3.42. The van der Waals surface area contributed by atoms with E-state index >= 15 is 0 Å². The van der Waals surface area contributed by atoms with E-state index in [1.165, 1.54) is 0 Å². The molecule has 3 aromatic rings. The summed E-state index contributed by atoms with van der Waals surface area (Å²) in [5, 5.41) is 4.97. The minimum absolute atomic E-state index is 0.0174. The highest BCUT2D eigenvalue weighted by Gasteiger charge is 2.29. The van der Waals surface area contributed by atoms with Crippen LogP contribution in [0.2, 0.25) is 0 Å². The number of aromatic nitrogens is 2. The summed E-state index contributed by atoms with van der Waals surface area (Å²) in [7, 11) is 0. The molecule has 0 saturated carbocycles. The van der Waals surface area contributed by atoms with Crippen molar-refractivity contribution in [3.63, 3.8) is 0 Å². The first-order valence-electron chi connectivity index (χ1n) is 8.82. The number of benzene rings is 1. The third-order valence-electron chi connectivity index (χ3n) is 4.90. The molecule has 0 aliphatic carbocycles. The van der Waals surface area contributed by atoms with E-state index < -0.39 is 0 Å². The van der Waals surface area contributed by atoms with Gasteiger partial charge < -0.3 is 14.2 Å². The van der Waals surface area contributed by atoms with E-state index in [-0.39, 0.29) is 12.0 Å². The van der Waals surface area contributed by atoms with E-state index in [9.17, 15) is 4.79 Å². The number of para-hydroxylation sites is 1. The van der Waals surface area contributed by atoms with E-state index in [2.05, 4.69) is 10.1 Å². The fraction of sp³-hybridized carbons (Fsp3) is 0.350. The molecule has 1 atom stereocenters. The van der Waals surface area contributed by atoms with Crippen LogP contribution in [0.25, 0.3) is 10.9 Å². The topological polar surface area (TPSA) is 68.5 Å². The zero-order valence-electron chi connectivity index (χ0n) is 14.9. The molecule has 6 nitrogen and oxygen atoms in total. The second kappa shape index (κ2) is 6.78. The van der Waals surface area contributed by atoms with Crippen LogP contribution in [0.1, 0.15) is 23.4 Å². The number of carbonyl (C=O) groups excluding carboxylic acids is 1. The summed E-state index contributed by atoms with van der Waals surface area (Å²) in [6.45, 7) is 4.99. The third-order valence-corrected chi connectivity index (χ3v) is 4.90. The Balaban J connectivity index is 1.43. The average Bonchev–Trinajstić information content (AvgIpc) is 3.24. The van der Waals surface area contributed by atoms with Crippen LogP contribution < -0.4 is 4.74 Å². The maximum atomic E-state index is 12.6. The number of aryl methyl sites for hydroxylation is 2. The molecule has 1 aliphatic heterocycles. The second-order valence-electron chi connectivity index (χ2n) is 6.68. The molecule has 0 N–H and O–H groups in total. The largest absolute Gasteiger partial charge is 0.486 e. The summed E-state index contributed by atoms with van der Waals surface area (Å²) in [5.74, 6) is 1.57. The van der Waals surface area contributed by atoms with Crippen molar-refractivity contribution < 1.29 is 14.1 Å². The molecule has 1 fully saturated rings. The van der Waals surface area contributed by atoms with Crippen LogP contribution in [0.5, 0.6) is 5.75 Å². The minimum Gasteiger partial charge on any atom is -0.486 e. The number of nitrogens with zero attached hydrogens (tertiary/aromatic N) is 3. The summed E-state index contributed by atoms with van der Waals surface area (Å²) in [4.78, 5) is 18.9. The Labute approximate surface area is 151 Å². The van der Waals surface area contributed by atoms with Crippen LogP contribution in [0.4, 0.5) is 0 Å². The molecule has 4 rings (SSSR count). The molecule has 0 unspecified atom stereocenters. The van der Waals surface area contributed by atoms with E-state index in [0.717, 1.165) is 34.3 Å². The van der Waals surface area contributed by atoms with Crippen LogP contribution in [0.3, 0.4) is 0 Å². The first-order valence-corrected chi connectivity index (χ1v) is 8.82. The van der Waals surface area contributed by atoms with Gasteiger partial charge in [-0.2, -0.15) is 0 Å². The Bertz CT molecular complexity index is 926. The van der Waals surface area contributed by atoms with Crippen molar-refractivity contribution in [2.75, 3.05) is 13.1 Å². The number of fused-ring (bicyclic) bond motifs is 1. The van der Waals surface area contributed by atoms with Gasteiger partial charge in [-0.05, 0) is 26.0 Å². The molecule has 1 aromatic carbocycles. The molecule has 2 aromatic heterocycles. The molecule has 134 valence electrons. The Morgan fingerprint density at radius 1 is 1.31 bits per heavy atom. The van der Waals surface area contributed by atoms with E-state index in [1.807, 2.05) is 49.1 Å². The molecular weight excluding hydrogens is 330 g/mol. The smallest absolute Gasteiger partial charge is 0.227 e. The predicted octanol–water partition coefficient (Wildman–Crippen LogP) is 3.06. The Morgan fingerprint density at radius 2 is 2.15 bits per heavy atom. The Kier molecular flexibility index (Phi) is 4.32. The molecular formula is C20H21N3O3. The van der Waals surface area contributed by atoms with Crippen molar-refractivity contribution in [2.24, 2.45) is 0 Å². The lowest BCUT2D eigenvalue weighted by atomic mass is 10.1. The highest BCUT2D eigenvalue weighted by Crippen LogP contribution is 2.26. The maximum Gasteiger partial charge on any atom is 0.227 e. The van der Waals surface area contributed by atoms with E-state index in [4.69, 9.17) is 9.26 Å². The van der Waals surface area contributed by atoms with Gasteiger partial charge in [0.15, 0.2) is 0 Å². The van der Waals surface area contributed by atoms with Gasteiger partial charge in [0.1, 0.15) is 23.1 Å². The lowest BCUT2D eigenvalue weighted by Crippen LogP contribution is -2.32. The standard InChI is InChI=1S/C20H21N3O3/c1-13-17(14(2)26-22-13)11-19(24)23-10-8-16(12-23)25-18-7-3-5-15-6-4-9-21-20(15)18/h3-7,9,16H,8,10-12H2,1-2H3/t16-/m0/s1. The molecule has 3 heterocycles. The van der Waals surface area contributed by atoms with E-state index in [1.54, 1.807) is 6.20 Å². The van der Waals surface area contributed by atoms with Crippen LogP contribution in [-0.4, -0.2) is 40.1 Å². The van der Waals surface area contributed by atoms with Crippen LogP contribution >= 0.6 is 0 Å². The number of pyridine rings is 1. The van der Waals surface area contributed by atoms with E-state index in [0.29, 0.717) is 25.3 Å². The van der Waals surface area contributed by atoms with Crippen molar-refractivity contribution in [1.29, 1.82) is 0 Å². The van der Waals surface area contributed by atoms with Crippen molar-refractivity contribution in [3.8, 4) is 5.75 Å². The monoisotopic (exact) mass is 351 g/mol. The number of likely N-dealkylation sites (tertiary alicyclic amines) is 1. The number of amides is 1. The number of rotatable bonds is 4. The zero-order valence-corrected chi connectivity index (χ0v) is 14.9. The predicted molar refractivity (Wildman–Crippen MR) is 97.0 cm³/mol. The number of hydrogen-bond acceptors (Lipinski definition) is 5. The first-order chi connectivity index (χ1) is 12.6. The number of carbonyl (C=O) groups is 1. The van der Waals surface area contributed by atoms with Crippen molar-refractivity contribution in [2.45, 2.75) is 32.8 Å². The summed E-state index contributed by atoms with van der Waals surface area (Å²) >= 11 is 0. The molecule has 1 aliphatic rings. The highest BCUT2D eigenvalue weighted by atomic mass is 16.5. The lowest BCUT2D eigenvalue weighted by Gasteiger charge is -2.18. The molecule has 26 heavy (non-hydrogen) atoms. The van der Waals surface area contributed by atoms with Gasteiger partial charge >= 0.3 is 0 Å². The molecule has 0 bridgehead atoms. The van der Waals surface area contributed by atoms with Gasteiger partial charge in [-0.25, -0.2) is 0 Å². The van der Waals surface area contributed by atoms with Crippen molar-refractivity contribution in [1.82, 2.24) is 15.0 Å². The summed E-state index contributed by atoms with van der Waals surface area (Å²) in [5.41, 5.74) is 2.53. The normalized spacial score (nSPS) is 17.0. The van der Waals surface area contributed by atoms with Gasteiger partial charge in [0.25, 0.3) is 0 Å². The van der Waals surface area contributed by atoms with Crippen LogP contribution in [-0.2, 0) is 11.2 Å².